The van der Waals surface area contributed by atoms with E-state index in [1.165, 1.54) is 19.3 Å². The van der Waals surface area contributed by atoms with Gasteiger partial charge < -0.3 is 64.2 Å². The van der Waals surface area contributed by atoms with Gasteiger partial charge in [0.05, 0.1) is 19.8 Å². The minimum Gasteiger partial charge on any atom is -0.462 e. The number of hydrogen-bond donors (Lipinski definition) is 7. The van der Waals surface area contributed by atoms with Gasteiger partial charge in [0.25, 0.3) is 0 Å². The summed E-state index contributed by atoms with van der Waals surface area (Å²) in [4.78, 5) is 25.8. The molecule has 0 bridgehead atoms. The Morgan fingerprint density at radius 2 is 0.903 bits per heavy atom. The van der Waals surface area contributed by atoms with Crippen molar-refractivity contribution in [3.8, 4) is 0 Å². The van der Waals surface area contributed by atoms with Crippen LogP contribution >= 0.6 is 0 Å². The average Bonchev–Trinajstić information content (AvgIpc) is 3.37. The molecule has 2 saturated heterocycles. The van der Waals surface area contributed by atoms with E-state index in [1.807, 2.05) is 18.2 Å². The lowest BCUT2D eigenvalue weighted by Gasteiger charge is -2.42. The molecular weight excluding hydrogens is 925 g/mol. The largest absolute Gasteiger partial charge is 0.462 e. The van der Waals surface area contributed by atoms with Gasteiger partial charge in [0.1, 0.15) is 55.4 Å². The van der Waals surface area contributed by atoms with Crippen LogP contribution in [0.25, 0.3) is 0 Å². The molecule has 408 valence electrons. The van der Waals surface area contributed by atoms with Gasteiger partial charge >= 0.3 is 11.9 Å². The van der Waals surface area contributed by atoms with E-state index in [2.05, 4.69) is 105 Å². The van der Waals surface area contributed by atoms with Crippen molar-refractivity contribution in [2.24, 2.45) is 0 Å². The summed E-state index contributed by atoms with van der Waals surface area (Å²) >= 11 is 0. The molecule has 2 aliphatic heterocycles. The quantitative estimate of drug-likeness (QED) is 0.0176. The zero-order valence-corrected chi connectivity index (χ0v) is 43.1. The van der Waals surface area contributed by atoms with Crippen molar-refractivity contribution < 1.29 is 73.8 Å². The van der Waals surface area contributed by atoms with E-state index in [9.17, 15) is 45.3 Å². The van der Waals surface area contributed by atoms with Crippen LogP contribution in [0.1, 0.15) is 142 Å². The Morgan fingerprint density at radius 3 is 1.42 bits per heavy atom. The minimum absolute atomic E-state index is 0.0280. The first kappa shape index (κ1) is 64.3. The van der Waals surface area contributed by atoms with Crippen LogP contribution in [0.5, 0.6) is 0 Å². The van der Waals surface area contributed by atoms with E-state index in [1.54, 1.807) is 0 Å². The maximum atomic E-state index is 13.0. The van der Waals surface area contributed by atoms with E-state index in [0.29, 0.717) is 19.3 Å². The van der Waals surface area contributed by atoms with Crippen LogP contribution < -0.4 is 0 Å². The fourth-order valence-corrected chi connectivity index (χ4v) is 7.42. The molecule has 0 aromatic carbocycles. The second-order valence-electron chi connectivity index (χ2n) is 18.0. The minimum atomic E-state index is -1.79. The van der Waals surface area contributed by atoms with Crippen molar-refractivity contribution in [3.63, 3.8) is 0 Å². The second-order valence-corrected chi connectivity index (χ2v) is 18.0. The molecule has 72 heavy (non-hydrogen) atoms. The number of aliphatic hydroxyl groups excluding tert-OH is 7. The molecular formula is C57H90O15. The maximum absolute atomic E-state index is 13.0. The zero-order valence-electron chi connectivity index (χ0n) is 43.1. The number of rotatable bonds is 39. The summed E-state index contributed by atoms with van der Waals surface area (Å²) in [5.41, 5.74) is 0. The molecule has 2 aliphatic rings. The summed E-state index contributed by atoms with van der Waals surface area (Å²) in [6.07, 6.45) is 38.4. The molecule has 0 saturated carbocycles. The van der Waals surface area contributed by atoms with E-state index >= 15 is 0 Å². The summed E-state index contributed by atoms with van der Waals surface area (Å²) in [5.74, 6) is -1.06. The smallest absolute Gasteiger partial charge is 0.306 e. The van der Waals surface area contributed by atoms with Crippen molar-refractivity contribution in [1.29, 1.82) is 0 Å². The molecule has 0 aromatic heterocycles. The topological polar surface area (TPSA) is 231 Å². The fourth-order valence-electron chi connectivity index (χ4n) is 7.42. The summed E-state index contributed by atoms with van der Waals surface area (Å²) in [5, 5.41) is 72.1. The Hall–Kier alpha value is -3.84. The Labute approximate surface area is 430 Å². The Kier molecular flexibility index (Phi) is 37.9. The van der Waals surface area contributed by atoms with Gasteiger partial charge in [-0.05, 0) is 89.9 Å². The highest BCUT2D eigenvalue weighted by Gasteiger charge is 2.47. The lowest BCUT2D eigenvalue weighted by atomic mass is 9.98. The lowest BCUT2D eigenvalue weighted by molar-refractivity contribution is -0.332. The highest BCUT2D eigenvalue weighted by molar-refractivity contribution is 5.70. The number of carbonyl (C=O) groups is 2. The number of carbonyl (C=O) groups excluding carboxylic acids is 2. The monoisotopic (exact) mass is 1010 g/mol. The number of unbranched alkanes of at least 4 members (excludes halogenated alkanes) is 7. The van der Waals surface area contributed by atoms with Crippen molar-refractivity contribution in [2.45, 2.75) is 210 Å². The zero-order chi connectivity index (χ0) is 52.4. The SMILES string of the molecule is CC/C=C/C/C=C/C/C=C/C/C=C/C/C=C/C/C=C/CCC(=O)O[C@H](COC(=O)CCCCCC/C=C/C/C=C/C/C=C/CCCCC)CO[C@H]1O[C@@H](CO[C@H]2O[C@@H](CO)[C@@H](O)C(O)C2O)[C@@H](O)C(O)C1O. The van der Waals surface area contributed by atoms with Crippen LogP contribution in [0.4, 0.5) is 0 Å². The lowest BCUT2D eigenvalue weighted by Crippen LogP contribution is -2.61. The van der Waals surface area contributed by atoms with Gasteiger partial charge in [-0.2, -0.15) is 0 Å². The summed E-state index contributed by atoms with van der Waals surface area (Å²) < 4.78 is 33.5. The highest BCUT2D eigenvalue weighted by atomic mass is 16.7. The first-order valence-corrected chi connectivity index (χ1v) is 26.5. The van der Waals surface area contributed by atoms with E-state index in [4.69, 9.17) is 28.4 Å². The molecule has 0 amide bonds. The molecule has 0 spiro atoms. The third-order valence-electron chi connectivity index (χ3n) is 11.7. The summed E-state index contributed by atoms with van der Waals surface area (Å²) in [7, 11) is 0. The molecule has 2 heterocycles. The molecule has 7 N–H and O–H groups in total. The standard InChI is InChI=1S/C57H90O15/c1-3-5-7-9-11-13-15-17-19-21-22-24-26-28-30-32-34-36-38-40-49(60)70-45(42-67-48(59)39-37-35-33-31-29-27-25-23-20-18-16-14-12-10-8-6-4-2)43-68-56-55(66)53(64)51(62)47(72-56)44-69-57-54(65)52(63)50(61)46(41-58)71-57/h5,7,11-14,17-20,22,24-25,27-28,30,34,36,45-47,50-58,61-66H,3-4,6,8-10,15-16,21,23,26,29,31-33,35,37-44H2,1-2H3/b7-5+,13-11+,14-12+,19-17+,20-18+,24-22+,27-25+,30-28+,36-34+/t45-,46+,47+,50-,51-,52?,53?,54?,55?,56+,57+/m1/s1. The second kappa shape index (κ2) is 42.5. The number of ether oxygens (including phenoxy) is 6. The van der Waals surface area contributed by atoms with Gasteiger partial charge in [-0.1, -0.05) is 149 Å². The van der Waals surface area contributed by atoms with Crippen LogP contribution in [0, 0.1) is 0 Å². The van der Waals surface area contributed by atoms with E-state index < -0.39 is 99.3 Å². The van der Waals surface area contributed by atoms with Gasteiger partial charge in [0.2, 0.25) is 0 Å². The number of esters is 2. The Bertz CT molecular complexity index is 1660. The van der Waals surface area contributed by atoms with Crippen LogP contribution in [-0.2, 0) is 38.0 Å². The molecule has 0 aromatic rings. The van der Waals surface area contributed by atoms with Gasteiger partial charge in [0, 0.05) is 12.8 Å². The normalized spacial score (nSPS) is 25.9. The fraction of sp³-hybridized carbons (Fsp3) is 0.649. The van der Waals surface area contributed by atoms with E-state index in [-0.39, 0.29) is 19.4 Å². The number of allylic oxidation sites excluding steroid dienone is 18. The van der Waals surface area contributed by atoms with Gasteiger partial charge in [0.15, 0.2) is 18.7 Å². The van der Waals surface area contributed by atoms with Crippen molar-refractivity contribution in [2.75, 3.05) is 26.4 Å². The molecule has 2 rings (SSSR count). The predicted molar refractivity (Wildman–Crippen MR) is 279 cm³/mol. The molecule has 4 unspecified atom stereocenters. The van der Waals surface area contributed by atoms with Gasteiger partial charge in [-0.3, -0.25) is 9.59 Å². The predicted octanol–water partition coefficient (Wildman–Crippen LogP) is 7.93. The van der Waals surface area contributed by atoms with Crippen LogP contribution in [0.15, 0.2) is 109 Å². The molecule has 0 aliphatic carbocycles. The maximum Gasteiger partial charge on any atom is 0.306 e. The molecule has 0 radical (unpaired) electrons. The Morgan fingerprint density at radius 1 is 0.458 bits per heavy atom. The molecule has 15 heteroatoms. The van der Waals surface area contributed by atoms with Crippen LogP contribution in [-0.4, -0.2) is 142 Å². The number of aliphatic hydroxyl groups is 7. The number of hydrogen-bond acceptors (Lipinski definition) is 15. The third kappa shape index (κ3) is 29.8. The van der Waals surface area contributed by atoms with Crippen molar-refractivity contribution in [3.05, 3.63) is 109 Å². The molecule has 11 atom stereocenters. The summed E-state index contributed by atoms with van der Waals surface area (Å²) in [6.45, 7) is 2.32. The van der Waals surface area contributed by atoms with Gasteiger partial charge in [-0.25, -0.2) is 0 Å². The molecule has 15 nitrogen and oxygen atoms in total. The first-order chi connectivity index (χ1) is 35.0. The van der Waals surface area contributed by atoms with E-state index in [0.717, 1.165) is 77.0 Å². The first-order valence-electron chi connectivity index (χ1n) is 26.5. The highest BCUT2D eigenvalue weighted by Crippen LogP contribution is 2.26. The van der Waals surface area contributed by atoms with Crippen molar-refractivity contribution in [1.82, 2.24) is 0 Å². The van der Waals surface area contributed by atoms with Crippen LogP contribution in [0.2, 0.25) is 0 Å². The average molecular weight is 1020 g/mol. The summed E-state index contributed by atoms with van der Waals surface area (Å²) in [6, 6.07) is 0. The van der Waals surface area contributed by atoms with Crippen molar-refractivity contribution >= 4 is 11.9 Å². The molecule has 2 fully saturated rings. The van der Waals surface area contributed by atoms with Crippen LogP contribution in [0.3, 0.4) is 0 Å². The Balaban J connectivity index is 1.85. The van der Waals surface area contributed by atoms with Gasteiger partial charge in [-0.15, -0.1) is 0 Å². The third-order valence-corrected chi connectivity index (χ3v) is 11.7.